The summed E-state index contributed by atoms with van der Waals surface area (Å²) in [6.07, 6.45) is 1.76. The molecule has 5 atom stereocenters. The fourth-order valence-electron chi connectivity index (χ4n) is 3.93. The second kappa shape index (κ2) is 7.17. The minimum atomic E-state index is -3.50. The van der Waals surface area contributed by atoms with Crippen LogP contribution in [0.3, 0.4) is 0 Å². The number of ether oxygens (including phenoxy) is 1. The highest BCUT2D eigenvalue weighted by Gasteiger charge is 2.61. The lowest BCUT2D eigenvalue weighted by Crippen LogP contribution is -2.44. The van der Waals surface area contributed by atoms with Crippen molar-refractivity contribution in [3.05, 3.63) is 34.9 Å². The smallest absolute Gasteiger partial charge is 0.328 e. The zero-order valence-electron chi connectivity index (χ0n) is 14.3. The van der Waals surface area contributed by atoms with Crippen LogP contribution >= 0.6 is 11.6 Å². The van der Waals surface area contributed by atoms with Crippen molar-refractivity contribution in [3.63, 3.8) is 0 Å². The van der Waals surface area contributed by atoms with Crippen molar-refractivity contribution in [1.82, 2.24) is 5.32 Å². The van der Waals surface area contributed by atoms with Gasteiger partial charge in [-0.25, -0.2) is 4.79 Å². The average Bonchev–Trinajstić information content (AvgIpc) is 3.05. The highest BCUT2D eigenvalue weighted by molar-refractivity contribution is 7.86. The molecule has 0 bridgehead atoms. The molecule has 0 radical (unpaired) electrons. The molecule has 0 aliphatic heterocycles. The first-order chi connectivity index (χ1) is 12.2. The second-order valence-electron chi connectivity index (χ2n) is 6.78. The molecule has 1 N–H and O–H groups in total. The summed E-state index contributed by atoms with van der Waals surface area (Å²) in [5.74, 6) is -0.691. The first kappa shape index (κ1) is 19.1. The molecule has 142 valence electrons. The maximum absolute atomic E-state index is 12.4. The topological polar surface area (TPSA) is 98.8 Å². The molecular weight excluding hydrogens is 382 g/mol. The van der Waals surface area contributed by atoms with E-state index in [0.717, 1.165) is 6.26 Å². The van der Waals surface area contributed by atoms with Crippen LogP contribution in [0.5, 0.6) is 0 Å². The molecule has 2 fully saturated rings. The number of benzene rings is 1. The lowest BCUT2D eigenvalue weighted by molar-refractivity contribution is -0.143. The Morgan fingerprint density at radius 3 is 2.27 bits per heavy atom. The molecule has 2 aliphatic carbocycles. The molecule has 0 spiro atoms. The summed E-state index contributed by atoms with van der Waals surface area (Å²) in [7, 11) is -2.22. The zero-order chi connectivity index (χ0) is 19.1. The zero-order valence-corrected chi connectivity index (χ0v) is 15.9. The number of nitrogens with one attached hydrogen (secondary N) is 1. The Morgan fingerprint density at radius 2 is 1.77 bits per heavy atom. The summed E-state index contributed by atoms with van der Waals surface area (Å²) < 4.78 is 32.4. The molecule has 3 rings (SSSR count). The number of carbonyl (C=O) groups is 2. The van der Waals surface area contributed by atoms with Crippen LogP contribution in [0.25, 0.3) is 0 Å². The first-order valence-electron chi connectivity index (χ1n) is 8.22. The molecule has 1 aromatic rings. The van der Waals surface area contributed by atoms with Gasteiger partial charge in [-0.1, -0.05) is 11.6 Å². The molecule has 2 aliphatic rings. The fourth-order valence-corrected chi connectivity index (χ4v) is 4.70. The molecule has 3 unspecified atom stereocenters. The summed E-state index contributed by atoms with van der Waals surface area (Å²) in [6.45, 7) is 0. The van der Waals surface area contributed by atoms with Crippen LogP contribution in [0.15, 0.2) is 24.3 Å². The van der Waals surface area contributed by atoms with Gasteiger partial charge in [0, 0.05) is 10.6 Å². The number of carbonyl (C=O) groups excluding carboxylic acids is 2. The number of fused-ring (bicyclic) bond motifs is 1. The monoisotopic (exact) mass is 401 g/mol. The van der Waals surface area contributed by atoms with E-state index in [-0.39, 0.29) is 29.8 Å². The van der Waals surface area contributed by atoms with Gasteiger partial charge in [-0.05, 0) is 54.9 Å². The summed E-state index contributed by atoms with van der Waals surface area (Å²) >= 11 is 5.82. The lowest BCUT2D eigenvalue weighted by Gasteiger charge is -2.20. The second-order valence-corrected chi connectivity index (χ2v) is 8.82. The largest absolute Gasteiger partial charge is 0.467 e. The van der Waals surface area contributed by atoms with E-state index in [1.807, 2.05) is 0 Å². The summed E-state index contributed by atoms with van der Waals surface area (Å²) in [6, 6.07) is 5.59. The van der Waals surface area contributed by atoms with Gasteiger partial charge in [0.1, 0.15) is 6.04 Å². The Kier molecular flexibility index (Phi) is 5.28. The summed E-state index contributed by atoms with van der Waals surface area (Å²) in [4.78, 5) is 24.6. The number of hydrogen-bond acceptors (Lipinski definition) is 6. The van der Waals surface area contributed by atoms with E-state index >= 15 is 0 Å². The fraction of sp³-hybridized carbons (Fsp3) is 0.529. The van der Waals surface area contributed by atoms with Gasteiger partial charge in [-0.3, -0.25) is 8.98 Å². The van der Waals surface area contributed by atoms with Gasteiger partial charge in [0.15, 0.2) is 0 Å². The lowest BCUT2D eigenvalue weighted by atomic mass is 10.0. The minimum Gasteiger partial charge on any atom is -0.467 e. The number of methoxy groups -OCH3 is 1. The molecule has 2 saturated carbocycles. The summed E-state index contributed by atoms with van der Waals surface area (Å²) in [5.41, 5.74) is 0.396. The Morgan fingerprint density at radius 1 is 1.19 bits per heavy atom. The quantitative estimate of drug-likeness (QED) is 0.574. The molecule has 9 heteroatoms. The average molecular weight is 402 g/mol. The van der Waals surface area contributed by atoms with Gasteiger partial charge in [0.25, 0.3) is 16.0 Å². The van der Waals surface area contributed by atoms with E-state index in [1.165, 1.54) is 7.11 Å². The normalized spacial score (nSPS) is 28.1. The third kappa shape index (κ3) is 4.19. The Labute approximate surface area is 157 Å². The van der Waals surface area contributed by atoms with Gasteiger partial charge in [-0.2, -0.15) is 8.42 Å². The third-order valence-electron chi connectivity index (χ3n) is 5.01. The molecule has 0 aromatic heterocycles. The molecule has 1 amide bonds. The number of amides is 1. The van der Waals surface area contributed by atoms with E-state index in [2.05, 4.69) is 5.32 Å². The van der Waals surface area contributed by atoms with Crippen molar-refractivity contribution in [2.24, 2.45) is 17.8 Å². The molecule has 26 heavy (non-hydrogen) atoms. The standard InChI is InChI=1S/C17H20ClNO6S/c1-24-17(21)15(19-16(20)9-3-5-10(18)6-4-9)14-12-7-11(8-13(12)14)25-26(2,22)23/h3-6,11-15H,7-8H2,1-2H3,(H,19,20)/t11?,12-,13+,14?,15?. The number of rotatable bonds is 6. The Hall–Kier alpha value is -1.64. The minimum absolute atomic E-state index is 0.0712. The van der Waals surface area contributed by atoms with Crippen molar-refractivity contribution in [1.29, 1.82) is 0 Å². The van der Waals surface area contributed by atoms with Crippen molar-refractivity contribution in [3.8, 4) is 0 Å². The van der Waals surface area contributed by atoms with E-state index in [9.17, 15) is 18.0 Å². The predicted octanol–water partition coefficient (Wildman–Crippen LogP) is 1.61. The van der Waals surface area contributed by atoms with Crippen molar-refractivity contribution < 1.29 is 26.9 Å². The molecule has 0 heterocycles. The van der Waals surface area contributed by atoms with Crippen LogP contribution in [0.1, 0.15) is 23.2 Å². The molecule has 0 saturated heterocycles. The van der Waals surface area contributed by atoms with Crippen molar-refractivity contribution >= 4 is 33.6 Å². The SMILES string of the molecule is COC(=O)C(NC(=O)c1ccc(Cl)cc1)C1[C@H]2CC(OS(C)(=O)=O)C[C@@H]12. The predicted molar refractivity (Wildman–Crippen MR) is 94.1 cm³/mol. The van der Waals surface area contributed by atoms with Gasteiger partial charge < -0.3 is 10.1 Å². The molecule has 1 aromatic carbocycles. The van der Waals surface area contributed by atoms with Gasteiger partial charge in [0.2, 0.25) is 0 Å². The highest BCUT2D eigenvalue weighted by Crippen LogP contribution is 2.60. The molecular formula is C17H20ClNO6S. The van der Waals surface area contributed by atoms with Gasteiger partial charge >= 0.3 is 5.97 Å². The van der Waals surface area contributed by atoms with E-state index in [1.54, 1.807) is 24.3 Å². The van der Waals surface area contributed by atoms with Gasteiger partial charge in [-0.15, -0.1) is 0 Å². The maximum atomic E-state index is 12.4. The van der Waals surface area contributed by atoms with Crippen LogP contribution in [-0.4, -0.2) is 45.8 Å². The maximum Gasteiger partial charge on any atom is 0.328 e. The Balaban J connectivity index is 1.65. The van der Waals surface area contributed by atoms with E-state index < -0.39 is 22.1 Å². The molecule has 7 nitrogen and oxygen atoms in total. The number of hydrogen-bond donors (Lipinski definition) is 1. The van der Waals surface area contributed by atoms with Crippen molar-refractivity contribution in [2.45, 2.75) is 25.0 Å². The van der Waals surface area contributed by atoms with Crippen molar-refractivity contribution in [2.75, 3.05) is 13.4 Å². The summed E-state index contributed by atoms with van der Waals surface area (Å²) in [5, 5.41) is 3.26. The van der Waals surface area contributed by atoms with Crippen LogP contribution in [0.4, 0.5) is 0 Å². The highest BCUT2D eigenvalue weighted by atomic mass is 35.5. The van der Waals surface area contributed by atoms with Gasteiger partial charge in [0.05, 0.1) is 19.5 Å². The number of halogens is 1. The van der Waals surface area contributed by atoms with Crippen LogP contribution < -0.4 is 5.32 Å². The first-order valence-corrected chi connectivity index (χ1v) is 10.4. The third-order valence-corrected chi connectivity index (χ3v) is 5.89. The number of esters is 1. The van der Waals surface area contributed by atoms with Crippen LogP contribution in [0.2, 0.25) is 5.02 Å². The van der Waals surface area contributed by atoms with E-state index in [4.69, 9.17) is 20.5 Å². The Bertz CT molecular complexity index is 797. The van der Waals surface area contributed by atoms with Crippen LogP contribution in [0, 0.1) is 17.8 Å². The van der Waals surface area contributed by atoms with E-state index in [0.29, 0.717) is 23.4 Å². The van der Waals surface area contributed by atoms with Crippen LogP contribution in [-0.2, 0) is 23.8 Å².